The molecule has 6 nitrogen and oxygen atoms in total. The molecule has 166 valence electrons. The fourth-order valence-electron chi connectivity index (χ4n) is 4.82. The van der Waals surface area contributed by atoms with Crippen LogP contribution in [0.1, 0.15) is 18.4 Å². The number of likely N-dealkylation sites (tertiary alicyclic amines) is 1. The van der Waals surface area contributed by atoms with Crippen molar-refractivity contribution in [3.8, 4) is 5.75 Å². The summed E-state index contributed by atoms with van der Waals surface area (Å²) in [7, 11) is 0. The van der Waals surface area contributed by atoms with Crippen LogP contribution < -0.4 is 25.8 Å². The van der Waals surface area contributed by atoms with Gasteiger partial charge in [0.05, 0.1) is 6.61 Å². The first-order valence-electron chi connectivity index (χ1n) is 11.5. The predicted octanol–water partition coefficient (Wildman–Crippen LogP) is 3.18. The van der Waals surface area contributed by atoms with Gasteiger partial charge in [-0.3, -0.25) is 9.59 Å². The first-order valence-corrected chi connectivity index (χ1v) is 11.5. The number of para-hydroxylation sites is 2. The molecule has 0 spiro atoms. The van der Waals surface area contributed by atoms with Crippen LogP contribution in [0.2, 0.25) is 0 Å². The standard InChI is InChI=1S/C26H29N3O3/c30-25-23(24(26(25)31)29-16-12-20-6-4-5-9-22(20)29)27-13-17-28-14-10-19(11-15-28)18-32-21-7-2-1-3-8-21/h1-9,19,27H,10-18H2. The van der Waals surface area contributed by atoms with Crippen molar-refractivity contribution in [2.75, 3.05) is 49.5 Å². The van der Waals surface area contributed by atoms with E-state index < -0.39 is 0 Å². The molecular weight excluding hydrogens is 402 g/mol. The molecule has 1 N–H and O–H groups in total. The smallest absolute Gasteiger partial charge is 0.253 e. The van der Waals surface area contributed by atoms with Crippen LogP contribution in [0.3, 0.4) is 0 Å². The van der Waals surface area contributed by atoms with Crippen LogP contribution in [-0.4, -0.2) is 44.2 Å². The normalized spacial score (nSPS) is 16.9. The van der Waals surface area contributed by atoms with E-state index in [4.69, 9.17) is 4.74 Å². The summed E-state index contributed by atoms with van der Waals surface area (Å²) >= 11 is 0. The third-order valence-electron chi connectivity index (χ3n) is 6.71. The number of piperidine rings is 1. The SMILES string of the molecule is O=c1c(NCCN2CCC(COc3ccccc3)CC2)c(N2CCc3ccccc32)c1=O. The fraction of sp³-hybridized carbons (Fsp3) is 0.385. The van der Waals surface area contributed by atoms with Crippen molar-refractivity contribution in [2.24, 2.45) is 5.92 Å². The maximum absolute atomic E-state index is 12.3. The van der Waals surface area contributed by atoms with Gasteiger partial charge >= 0.3 is 0 Å². The highest BCUT2D eigenvalue weighted by Gasteiger charge is 2.30. The second kappa shape index (κ2) is 9.17. The van der Waals surface area contributed by atoms with Crippen LogP contribution in [0, 0.1) is 5.92 Å². The van der Waals surface area contributed by atoms with Gasteiger partial charge in [0, 0.05) is 25.3 Å². The van der Waals surface area contributed by atoms with Gasteiger partial charge in [-0.15, -0.1) is 0 Å². The molecule has 0 unspecified atom stereocenters. The summed E-state index contributed by atoms with van der Waals surface area (Å²) in [5.41, 5.74) is 2.53. The van der Waals surface area contributed by atoms with Crippen molar-refractivity contribution in [1.29, 1.82) is 0 Å². The van der Waals surface area contributed by atoms with Crippen molar-refractivity contribution in [3.63, 3.8) is 0 Å². The minimum atomic E-state index is -0.388. The molecule has 0 saturated carbocycles. The zero-order chi connectivity index (χ0) is 21.9. The van der Waals surface area contributed by atoms with Gasteiger partial charge in [-0.2, -0.15) is 0 Å². The minimum Gasteiger partial charge on any atom is -0.493 e. The number of nitrogens with one attached hydrogen (secondary N) is 1. The van der Waals surface area contributed by atoms with Gasteiger partial charge in [0.1, 0.15) is 17.1 Å². The molecule has 2 aliphatic heterocycles. The van der Waals surface area contributed by atoms with Crippen molar-refractivity contribution in [1.82, 2.24) is 4.90 Å². The largest absolute Gasteiger partial charge is 0.493 e. The highest BCUT2D eigenvalue weighted by Crippen LogP contribution is 2.35. The van der Waals surface area contributed by atoms with E-state index in [2.05, 4.69) is 16.3 Å². The van der Waals surface area contributed by atoms with E-state index in [1.807, 2.05) is 53.4 Å². The van der Waals surface area contributed by atoms with Crippen LogP contribution in [0.5, 0.6) is 5.75 Å². The number of hydrogen-bond acceptors (Lipinski definition) is 6. The lowest BCUT2D eigenvalue weighted by Crippen LogP contribution is -2.42. The minimum absolute atomic E-state index is 0.372. The molecule has 1 fully saturated rings. The Morgan fingerprint density at radius 1 is 0.906 bits per heavy atom. The van der Waals surface area contributed by atoms with Crippen molar-refractivity contribution in [2.45, 2.75) is 19.3 Å². The van der Waals surface area contributed by atoms with Gasteiger partial charge in [-0.05, 0) is 62.0 Å². The lowest BCUT2D eigenvalue weighted by atomic mass is 9.98. The molecule has 1 saturated heterocycles. The third-order valence-corrected chi connectivity index (χ3v) is 6.71. The molecule has 0 bridgehead atoms. The summed E-state index contributed by atoms with van der Waals surface area (Å²) in [5, 5.41) is 3.26. The molecule has 0 aromatic heterocycles. The Balaban J connectivity index is 1.10. The molecule has 2 heterocycles. The molecule has 5 rings (SSSR count). The van der Waals surface area contributed by atoms with Crippen molar-refractivity contribution in [3.05, 3.63) is 80.6 Å². The number of ether oxygens (including phenoxy) is 1. The van der Waals surface area contributed by atoms with Gasteiger partial charge in [-0.1, -0.05) is 36.4 Å². The lowest BCUT2D eigenvalue weighted by molar-refractivity contribution is 0.144. The highest BCUT2D eigenvalue weighted by atomic mass is 16.5. The zero-order valence-electron chi connectivity index (χ0n) is 18.3. The molecule has 3 aromatic carbocycles. The van der Waals surface area contributed by atoms with E-state index in [-0.39, 0.29) is 10.9 Å². The number of hydrogen-bond donors (Lipinski definition) is 1. The molecule has 32 heavy (non-hydrogen) atoms. The van der Waals surface area contributed by atoms with E-state index in [9.17, 15) is 9.59 Å². The van der Waals surface area contributed by atoms with Gasteiger partial charge in [0.25, 0.3) is 10.9 Å². The summed E-state index contributed by atoms with van der Waals surface area (Å²) in [6.07, 6.45) is 3.13. The maximum atomic E-state index is 12.3. The predicted molar refractivity (Wildman–Crippen MR) is 128 cm³/mol. The summed E-state index contributed by atoms with van der Waals surface area (Å²) in [6.45, 7) is 5.10. The van der Waals surface area contributed by atoms with Crippen LogP contribution in [-0.2, 0) is 6.42 Å². The van der Waals surface area contributed by atoms with Crippen LogP contribution in [0.25, 0.3) is 0 Å². The van der Waals surface area contributed by atoms with Crippen LogP contribution in [0.15, 0.2) is 64.2 Å². The van der Waals surface area contributed by atoms with Gasteiger partial charge in [-0.25, -0.2) is 0 Å². The number of anilines is 3. The van der Waals surface area contributed by atoms with E-state index >= 15 is 0 Å². The second-order valence-corrected chi connectivity index (χ2v) is 8.75. The molecule has 6 heteroatoms. The monoisotopic (exact) mass is 431 g/mol. The molecular formula is C26H29N3O3. The Bertz CT molecular complexity index is 1130. The average molecular weight is 432 g/mol. The van der Waals surface area contributed by atoms with Crippen LogP contribution in [0.4, 0.5) is 17.1 Å². The third kappa shape index (κ3) is 4.15. The number of rotatable bonds is 8. The molecule has 0 radical (unpaired) electrons. The summed E-state index contributed by atoms with van der Waals surface area (Å²) in [6, 6.07) is 18.1. The Hall–Kier alpha value is -3.12. The van der Waals surface area contributed by atoms with E-state index in [0.717, 1.165) is 63.5 Å². The average Bonchev–Trinajstić information content (AvgIpc) is 3.26. The summed E-state index contributed by atoms with van der Waals surface area (Å²) in [5.74, 6) is 1.51. The number of nitrogens with zero attached hydrogens (tertiary/aromatic N) is 2. The second-order valence-electron chi connectivity index (χ2n) is 8.75. The molecule has 0 amide bonds. The quantitative estimate of drug-likeness (QED) is 0.553. The Morgan fingerprint density at radius 3 is 2.47 bits per heavy atom. The van der Waals surface area contributed by atoms with Crippen LogP contribution >= 0.6 is 0 Å². The van der Waals surface area contributed by atoms with E-state index in [0.29, 0.717) is 23.8 Å². The van der Waals surface area contributed by atoms with Gasteiger partial charge in [0.2, 0.25) is 0 Å². The number of benzene rings is 2. The molecule has 0 atom stereocenters. The van der Waals surface area contributed by atoms with Crippen molar-refractivity contribution < 1.29 is 4.74 Å². The summed E-state index contributed by atoms with van der Waals surface area (Å²) < 4.78 is 5.91. The zero-order valence-corrected chi connectivity index (χ0v) is 18.3. The van der Waals surface area contributed by atoms with Gasteiger partial charge in [0.15, 0.2) is 0 Å². The Labute approximate surface area is 188 Å². The van der Waals surface area contributed by atoms with Gasteiger partial charge < -0.3 is 19.9 Å². The topological polar surface area (TPSA) is 61.9 Å². The molecule has 3 aromatic rings. The van der Waals surface area contributed by atoms with Crippen molar-refractivity contribution >= 4 is 17.1 Å². The van der Waals surface area contributed by atoms with E-state index in [1.165, 1.54) is 5.56 Å². The summed E-state index contributed by atoms with van der Waals surface area (Å²) in [4.78, 5) is 29.0. The maximum Gasteiger partial charge on any atom is 0.253 e. The fourth-order valence-corrected chi connectivity index (χ4v) is 4.82. The number of fused-ring (bicyclic) bond motifs is 1. The lowest BCUT2D eigenvalue weighted by Gasteiger charge is -2.32. The Morgan fingerprint density at radius 2 is 1.66 bits per heavy atom. The molecule has 0 aliphatic carbocycles. The molecule has 2 aliphatic rings. The van der Waals surface area contributed by atoms with E-state index in [1.54, 1.807) is 0 Å². The first-order chi connectivity index (χ1) is 15.7. The first kappa shape index (κ1) is 20.8. The Kier molecular flexibility index (Phi) is 5.95. The highest BCUT2D eigenvalue weighted by molar-refractivity contribution is 5.82.